The topological polar surface area (TPSA) is 77.7 Å². The number of carbonyl (C=O) groups excluding carboxylic acids is 1. The summed E-state index contributed by atoms with van der Waals surface area (Å²) in [5.41, 5.74) is 5.80. The van der Waals surface area contributed by atoms with Gasteiger partial charge in [0.1, 0.15) is 12.2 Å². The molecule has 1 unspecified atom stereocenters. The fraction of sp³-hybridized carbons (Fsp3) is 0.600. The number of ether oxygens (including phenoxy) is 2. The molecule has 1 aromatic heterocycles. The zero-order valence-electron chi connectivity index (χ0n) is 12.8. The van der Waals surface area contributed by atoms with E-state index in [1.807, 2.05) is 20.8 Å². The van der Waals surface area contributed by atoms with E-state index >= 15 is 0 Å². The van der Waals surface area contributed by atoms with Crippen LogP contribution in [0.15, 0.2) is 18.3 Å². The standard InChI is InChI=1S/C15H23N3O3/c1-15(2,3)21-14(19)18-9-5-6-11(18)10-20-13-12(16)7-4-8-17-13/h4,7-8,11H,5-6,9-10,16H2,1-3H3. The van der Waals surface area contributed by atoms with E-state index < -0.39 is 5.60 Å². The van der Waals surface area contributed by atoms with Crippen molar-refractivity contribution in [2.45, 2.75) is 45.3 Å². The van der Waals surface area contributed by atoms with Crippen molar-refractivity contribution in [3.8, 4) is 5.88 Å². The highest BCUT2D eigenvalue weighted by Gasteiger charge is 2.32. The summed E-state index contributed by atoms with van der Waals surface area (Å²) in [6, 6.07) is 3.49. The fourth-order valence-electron chi connectivity index (χ4n) is 2.27. The second-order valence-corrected chi connectivity index (χ2v) is 6.18. The number of likely N-dealkylation sites (tertiary alicyclic amines) is 1. The van der Waals surface area contributed by atoms with E-state index in [0.29, 0.717) is 24.7 Å². The maximum Gasteiger partial charge on any atom is 0.410 e. The second kappa shape index (κ2) is 6.20. The van der Waals surface area contributed by atoms with Gasteiger partial charge in [0.15, 0.2) is 0 Å². The Morgan fingerprint density at radius 3 is 2.95 bits per heavy atom. The van der Waals surface area contributed by atoms with E-state index in [2.05, 4.69) is 4.98 Å². The molecule has 1 atom stereocenters. The average molecular weight is 293 g/mol. The Hall–Kier alpha value is -1.98. The van der Waals surface area contributed by atoms with Gasteiger partial charge in [-0.2, -0.15) is 0 Å². The number of hydrogen-bond acceptors (Lipinski definition) is 5. The molecule has 21 heavy (non-hydrogen) atoms. The fourth-order valence-corrected chi connectivity index (χ4v) is 2.27. The van der Waals surface area contributed by atoms with Gasteiger partial charge in [0.2, 0.25) is 5.88 Å². The third kappa shape index (κ3) is 4.24. The van der Waals surface area contributed by atoms with Gasteiger partial charge in [0.25, 0.3) is 0 Å². The van der Waals surface area contributed by atoms with Crippen LogP contribution in [0.3, 0.4) is 0 Å². The molecule has 1 aliphatic rings. The number of carbonyl (C=O) groups is 1. The van der Waals surface area contributed by atoms with Gasteiger partial charge in [0, 0.05) is 12.7 Å². The van der Waals surface area contributed by atoms with Crippen LogP contribution in [0.1, 0.15) is 33.6 Å². The lowest BCUT2D eigenvalue weighted by atomic mass is 10.2. The summed E-state index contributed by atoms with van der Waals surface area (Å²) in [6.07, 6.45) is 3.19. The first-order valence-electron chi connectivity index (χ1n) is 7.20. The molecule has 0 bridgehead atoms. The van der Waals surface area contributed by atoms with Crippen molar-refractivity contribution < 1.29 is 14.3 Å². The molecule has 6 heteroatoms. The Morgan fingerprint density at radius 1 is 1.52 bits per heavy atom. The van der Waals surface area contributed by atoms with E-state index in [0.717, 1.165) is 12.8 Å². The molecule has 0 radical (unpaired) electrons. The highest BCUT2D eigenvalue weighted by atomic mass is 16.6. The molecule has 6 nitrogen and oxygen atoms in total. The Morgan fingerprint density at radius 2 is 2.29 bits per heavy atom. The highest BCUT2D eigenvalue weighted by molar-refractivity contribution is 5.69. The van der Waals surface area contributed by atoms with Crippen LogP contribution in [0, 0.1) is 0 Å². The smallest absolute Gasteiger partial charge is 0.410 e. The van der Waals surface area contributed by atoms with E-state index in [4.69, 9.17) is 15.2 Å². The molecule has 1 saturated heterocycles. The molecule has 1 aromatic rings. The Labute approximate surface area is 125 Å². The van der Waals surface area contributed by atoms with Gasteiger partial charge in [0.05, 0.1) is 11.7 Å². The Balaban J connectivity index is 1.93. The van der Waals surface area contributed by atoms with Crippen LogP contribution in [-0.2, 0) is 4.74 Å². The van der Waals surface area contributed by atoms with Crippen molar-refractivity contribution in [1.82, 2.24) is 9.88 Å². The van der Waals surface area contributed by atoms with E-state index in [9.17, 15) is 4.79 Å². The Bertz CT molecular complexity index is 499. The van der Waals surface area contributed by atoms with Crippen LogP contribution in [0.25, 0.3) is 0 Å². The van der Waals surface area contributed by atoms with Crippen molar-refractivity contribution in [3.63, 3.8) is 0 Å². The number of rotatable bonds is 3. The number of nitrogen functional groups attached to an aromatic ring is 1. The molecule has 2 N–H and O–H groups in total. The van der Waals surface area contributed by atoms with Gasteiger partial charge in [-0.25, -0.2) is 9.78 Å². The maximum atomic E-state index is 12.2. The molecule has 1 aliphatic heterocycles. The number of aromatic nitrogens is 1. The van der Waals surface area contributed by atoms with Crippen LogP contribution in [0.4, 0.5) is 10.5 Å². The molecule has 1 fully saturated rings. The predicted octanol–water partition coefficient (Wildman–Crippen LogP) is 2.44. The average Bonchev–Trinajstić information content (AvgIpc) is 2.84. The molecule has 2 rings (SSSR count). The summed E-state index contributed by atoms with van der Waals surface area (Å²) < 4.78 is 11.1. The lowest BCUT2D eigenvalue weighted by molar-refractivity contribution is 0.0186. The minimum absolute atomic E-state index is 0.00116. The molecular formula is C15H23N3O3. The van der Waals surface area contributed by atoms with Gasteiger partial charge >= 0.3 is 6.09 Å². The van der Waals surface area contributed by atoms with Gasteiger partial charge in [-0.05, 0) is 45.7 Å². The number of hydrogen-bond donors (Lipinski definition) is 1. The van der Waals surface area contributed by atoms with Crippen molar-refractivity contribution in [1.29, 1.82) is 0 Å². The van der Waals surface area contributed by atoms with Gasteiger partial charge in [-0.15, -0.1) is 0 Å². The number of nitrogens with two attached hydrogens (primary N) is 1. The molecule has 1 amide bonds. The van der Waals surface area contributed by atoms with Crippen molar-refractivity contribution in [2.75, 3.05) is 18.9 Å². The molecule has 0 aromatic carbocycles. The summed E-state index contributed by atoms with van der Waals surface area (Å²) >= 11 is 0. The third-order valence-corrected chi connectivity index (χ3v) is 3.22. The van der Waals surface area contributed by atoms with Crippen LogP contribution in [0.5, 0.6) is 5.88 Å². The third-order valence-electron chi connectivity index (χ3n) is 3.22. The Kier molecular flexibility index (Phi) is 4.55. The van der Waals surface area contributed by atoms with Crippen LogP contribution in [-0.4, -0.2) is 40.8 Å². The summed E-state index contributed by atoms with van der Waals surface area (Å²) in [6.45, 7) is 6.66. The largest absolute Gasteiger partial charge is 0.474 e. The molecule has 0 saturated carbocycles. The summed E-state index contributed by atoms with van der Waals surface area (Å²) in [4.78, 5) is 18.0. The summed E-state index contributed by atoms with van der Waals surface area (Å²) in [5, 5.41) is 0. The summed E-state index contributed by atoms with van der Waals surface area (Å²) in [7, 11) is 0. The van der Waals surface area contributed by atoms with Crippen LogP contribution < -0.4 is 10.5 Å². The van der Waals surface area contributed by atoms with Crippen molar-refractivity contribution in [2.24, 2.45) is 0 Å². The molecule has 0 aliphatic carbocycles. The maximum absolute atomic E-state index is 12.2. The zero-order chi connectivity index (χ0) is 15.5. The minimum atomic E-state index is -0.490. The number of anilines is 1. The first kappa shape index (κ1) is 15.4. The molecule has 2 heterocycles. The SMILES string of the molecule is CC(C)(C)OC(=O)N1CCCC1COc1ncccc1N. The first-order chi connectivity index (χ1) is 9.87. The molecule has 0 spiro atoms. The van der Waals surface area contributed by atoms with Gasteiger partial charge < -0.3 is 20.1 Å². The summed E-state index contributed by atoms with van der Waals surface area (Å²) in [5.74, 6) is 0.411. The van der Waals surface area contributed by atoms with Crippen molar-refractivity contribution >= 4 is 11.8 Å². The quantitative estimate of drug-likeness (QED) is 0.926. The monoisotopic (exact) mass is 293 g/mol. The first-order valence-corrected chi connectivity index (χ1v) is 7.20. The number of nitrogens with zero attached hydrogens (tertiary/aromatic N) is 2. The van der Waals surface area contributed by atoms with E-state index in [1.165, 1.54) is 0 Å². The number of amides is 1. The second-order valence-electron chi connectivity index (χ2n) is 6.18. The zero-order valence-corrected chi connectivity index (χ0v) is 12.8. The van der Waals surface area contributed by atoms with Crippen LogP contribution >= 0.6 is 0 Å². The van der Waals surface area contributed by atoms with E-state index in [1.54, 1.807) is 23.2 Å². The highest BCUT2D eigenvalue weighted by Crippen LogP contribution is 2.23. The van der Waals surface area contributed by atoms with Gasteiger partial charge in [-0.3, -0.25) is 0 Å². The normalized spacial score (nSPS) is 18.6. The van der Waals surface area contributed by atoms with Gasteiger partial charge in [-0.1, -0.05) is 0 Å². The molecule has 116 valence electrons. The van der Waals surface area contributed by atoms with Crippen LogP contribution in [0.2, 0.25) is 0 Å². The minimum Gasteiger partial charge on any atom is -0.474 e. The van der Waals surface area contributed by atoms with Crippen molar-refractivity contribution in [3.05, 3.63) is 18.3 Å². The lowest BCUT2D eigenvalue weighted by Gasteiger charge is -2.28. The van der Waals surface area contributed by atoms with E-state index in [-0.39, 0.29) is 12.1 Å². The number of pyridine rings is 1. The predicted molar refractivity (Wildman–Crippen MR) is 80.1 cm³/mol. The molecular weight excluding hydrogens is 270 g/mol. The lowest BCUT2D eigenvalue weighted by Crippen LogP contribution is -2.42.